The van der Waals surface area contributed by atoms with Crippen LogP contribution in [0.25, 0.3) is 20.7 Å². The smallest absolute Gasteiger partial charge is 0.238 e. The van der Waals surface area contributed by atoms with Crippen molar-refractivity contribution < 1.29 is 9.32 Å². The monoisotopic (exact) mass is 396 g/mol. The van der Waals surface area contributed by atoms with Crippen molar-refractivity contribution in [3.63, 3.8) is 0 Å². The predicted molar refractivity (Wildman–Crippen MR) is 108 cm³/mol. The molecule has 0 aliphatic rings. The molecule has 136 valence electrons. The van der Waals surface area contributed by atoms with Crippen molar-refractivity contribution >= 4 is 45.0 Å². The van der Waals surface area contributed by atoms with Crippen LogP contribution in [0, 0.1) is 6.92 Å². The third-order valence-corrected chi connectivity index (χ3v) is 6.10. The standard InChI is InChI=1S/C19H16N4O2S2/c1-11-8-16(23-25-11)22-17(24)12(2)26-18-14-9-15(13-6-4-3-5-7-13)27-19(14)21-10-20-18/h3-10,12H,1-2H3,(H,22,23,24)/t12-/m0/s1. The van der Waals surface area contributed by atoms with Crippen LogP contribution in [-0.4, -0.2) is 26.3 Å². The van der Waals surface area contributed by atoms with E-state index in [0.717, 1.165) is 25.7 Å². The highest BCUT2D eigenvalue weighted by Crippen LogP contribution is 2.37. The average molecular weight is 396 g/mol. The zero-order chi connectivity index (χ0) is 18.8. The maximum atomic E-state index is 12.4. The van der Waals surface area contributed by atoms with Gasteiger partial charge in [-0.25, -0.2) is 9.97 Å². The maximum Gasteiger partial charge on any atom is 0.238 e. The van der Waals surface area contributed by atoms with E-state index in [1.165, 1.54) is 11.8 Å². The van der Waals surface area contributed by atoms with Crippen molar-refractivity contribution in [2.45, 2.75) is 24.1 Å². The summed E-state index contributed by atoms with van der Waals surface area (Å²) in [5.41, 5.74) is 1.14. The molecule has 4 rings (SSSR count). The minimum absolute atomic E-state index is 0.154. The summed E-state index contributed by atoms with van der Waals surface area (Å²) in [4.78, 5) is 23.2. The van der Waals surface area contributed by atoms with Crippen LogP contribution in [0.15, 0.2) is 58.3 Å². The van der Waals surface area contributed by atoms with Crippen molar-refractivity contribution in [2.24, 2.45) is 0 Å². The first kappa shape index (κ1) is 17.7. The van der Waals surface area contributed by atoms with Gasteiger partial charge in [0.25, 0.3) is 0 Å². The van der Waals surface area contributed by atoms with Gasteiger partial charge in [0.2, 0.25) is 5.91 Å². The molecule has 1 atom stereocenters. The number of anilines is 1. The number of aryl methyl sites for hydroxylation is 1. The van der Waals surface area contributed by atoms with Crippen molar-refractivity contribution in [2.75, 3.05) is 5.32 Å². The molecular weight excluding hydrogens is 380 g/mol. The lowest BCUT2D eigenvalue weighted by Crippen LogP contribution is -2.22. The zero-order valence-corrected chi connectivity index (χ0v) is 16.3. The highest BCUT2D eigenvalue weighted by molar-refractivity contribution is 8.00. The van der Waals surface area contributed by atoms with E-state index in [2.05, 4.69) is 38.6 Å². The normalized spacial score (nSPS) is 12.2. The van der Waals surface area contributed by atoms with Crippen molar-refractivity contribution in [3.05, 3.63) is 54.6 Å². The molecule has 4 aromatic rings. The summed E-state index contributed by atoms with van der Waals surface area (Å²) in [7, 11) is 0. The quantitative estimate of drug-likeness (QED) is 0.386. The molecule has 3 aromatic heterocycles. The van der Waals surface area contributed by atoms with Crippen LogP contribution in [0.4, 0.5) is 5.82 Å². The van der Waals surface area contributed by atoms with Gasteiger partial charge in [-0.3, -0.25) is 4.79 Å². The van der Waals surface area contributed by atoms with Crippen LogP contribution in [0.1, 0.15) is 12.7 Å². The summed E-state index contributed by atoms with van der Waals surface area (Å²) in [6.07, 6.45) is 1.54. The highest BCUT2D eigenvalue weighted by atomic mass is 32.2. The fourth-order valence-electron chi connectivity index (χ4n) is 2.55. The fraction of sp³-hybridized carbons (Fsp3) is 0.158. The predicted octanol–water partition coefficient (Wildman–Crippen LogP) is 4.77. The largest absolute Gasteiger partial charge is 0.360 e. The van der Waals surface area contributed by atoms with Crippen LogP contribution in [0.3, 0.4) is 0 Å². The third-order valence-electron chi connectivity index (χ3n) is 3.89. The Morgan fingerprint density at radius 2 is 2.04 bits per heavy atom. The van der Waals surface area contributed by atoms with Gasteiger partial charge in [-0.1, -0.05) is 47.3 Å². The molecule has 8 heteroatoms. The first-order chi connectivity index (χ1) is 13.1. The lowest BCUT2D eigenvalue weighted by Gasteiger charge is -2.10. The summed E-state index contributed by atoms with van der Waals surface area (Å²) < 4.78 is 4.98. The number of benzene rings is 1. The van der Waals surface area contributed by atoms with Gasteiger partial charge in [0.1, 0.15) is 21.9 Å². The Balaban J connectivity index is 1.56. The zero-order valence-electron chi connectivity index (χ0n) is 14.7. The van der Waals surface area contributed by atoms with Crippen LogP contribution < -0.4 is 5.32 Å². The SMILES string of the molecule is Cc1cc(NC(=O)[C@H](C)Sc2ncnc3sc(-c4ccccc4)cc23)no1. The Labute approximate surface area is 164 Å². The molecule has 1 N–H and O–H groups in total. The Hall–Kier alpha value is -2.71. The van der Waals surface area contributed by atoms with Gasteiger partial charge >= 0.3 is 0 Å². The lowest BCUT2D eigenvalue weighted by atomic mass is 10.2. The van der Waals surface area contributed by atoms with Gasteiger partial charge in [-0.2, -0.15) is 0 Å². The third kappa shape index (κ3) is 3.86. The van der Waals surface area contributed by atoms with E-state index in [1.807, 2.05) is 25.1 Å². The van der Waals surface area contributed by atoms with Crippen LogP contribution in [0.5, 0.6) is 0 Å². The number of amides is 1. The van der Waals surface area contributed by atoms with E-state index < -0.39 is 0 Å². The van der Waals surface area contributed by atoms with E-state index in [-0.39, 0.29) is 11.2 Å². The van der Waals surface area contributed by atoms with E-state index in [9.17, 15) is 4.79 Å². The van der Waals surface area contributed by atoms with Gasteiger partial charge in [0, 0.05) is 16.3 Å². The summed E-state index contributed by atoms with van der Waals surface area (Å²) in [5.74, 6) is 0.910. The Morgan fingerprint density at radius 1 is 1.22 bits per heavy atom. The number of rotatable bonds is 5. The van der Waals surface area contributed by atoms with E-state index in [0.29, 0.717) is 11.6 Å². The molecule has 0 radical (unpaired) electrons. The topological polar surface area (TPSA) is 80.9 Å². The van der Waals surface area contributed by atoms with E-state index in [1.54, 1.807) is 30.7 Å². The molecule has 0 aliphatic carbocycles. The molecule has 0 bridgehead atoms. The van der Waals surface area contributed by atoms with E-state index >= 15 is 0 Å². The van der Waals surface area contributed by atoms with Gasteiger partial charge < -0.3 is 9.84 Å². The van der Waals surface area contributed by atoms with Crippen molar-refractivity contribution in [1.82, 2.24) is 15.1 Å². The van der Waals surface area contributed by atoms with E-state index in [4.69, 9.17) is 4.52 Å². The second-order valence-electron chi connectivity index (χ2n) is 5.95. The Morgan fingerprint density at radius 3 is 2.78 bits per heavy atom. The summed E-state index contributed by atoms with van der Waals surface area (Å²) in [6.45, 7) is 3.62. The van der Waals surface area contributed by atoms with Gasteiger partial charge in [0.05, 0.1) is 5.25 Å². The van der Waals surface area contributed by atoms with Gasteiger partial charge in [-0.15, -0.1) is 11.3 Å². The maximum absolute atomic E-state index is 12.4. The first-order valence-electron chi connectivity index (χ1n) is 8.31. The molecule has 6 nitrogen and oxygen atoms in total. The number of fused-ring (bicyclic) bond motifs is 1. The lowest BCUT2D eigenvalue weighted by molar-refractivity contribution is -0.115. The molecule has 3 heterocycles. The Kier molecular flexibility index (Phi) is 4.91. The number of hydrogen-bond acceptors (Lipinski definition) is 7. The molecule has 0 spiro atoms. The number of thioether (sulfide) groups is 1. The minimum atomic E-state index is -0.347. The number of carbonyl (C=O) groups is 1. The molecule has 0 fully saturated rings. The molecule has 0 unspecified atom stereocenters. The molecule has 27 heavy (non-hydrogen) atoms. The van der Waals surface area contributed by atoms with Gasteiger partial charge in [0.15, 0.2) is 5.82 Å². The van der Waals surface area contributed by atoms with Crippen molar-refractivity contribution in [3.8, 4) is 10.4 Å². The number of carbonyl (C=O) groups excluding carboxylic acids is 1. The second-order valence-corrected chi connectivity index (χ2v) is 8.31. The van der Waals surface area contributed by atoms with Crippen LogP contribution in [-0.2, 0) is 4.79 Å². The first-order valence-corrected chi connectivity index (χ1v) is 10.0. The molecule has 0 aliphatic heterocycles. The molecule has 0 saturated heterocycles. The highest BCUT2D eigenvalue weighted by Gasteiger charge is 2.19. The molecule has 1 aromatic carbocycles. The number of hydrogen-bond donors (Lipinski definition) is 1. The summed E-state index contributed by atoms with van der Waals surface area (Å²) in [5, 5.41) is 7.95. The fourth-order valence-corrected chi connectivity index (χ4v) is 4.51. The van der Waals surface area contributed by atoms with Crippen LogP contribution >= 0.6 is 23.1 Å². The second kappa shape index (κ2) is 7.50. The molecular formula is C19H16N4O2S2. The molecule has 1 amide bonds. The average Bonchev–Trinajstić information content (AvgIpc) is 3.29. The van der Waals surface area contributed by atoms with Crippen LogP contribution in [0.2, 0.25) is 0 Å². The summed E-state index contributed by atoms with van der Waals surface area (Å²) in [6, 6.07) is 13.9. The minimum Gasteiger partial charge on any atom is -0.360 e. The number of thiophene rings is 1. The van der Waals surface area contributed by atoms with Gasteiger partial charge in [-0.05, 0) is 25.5 Å². The van der Waals surface area contributed by atoms with Crippen molar-refractivity contribution in [1.29, 1.82) is 0 Å². The summed E-state index contributed by atoms with van der Waals surface area (Å²) >= 11 is 3.02. The Bertz CT molecular complexity index is 1090. The molecule has 0 saturated carbocycles. The number of nitrogens with zero attached hydrogens (tertiary/aromatic N) is 3. The number of aromatic nitrogens is 3. The number of nitrogens with one attached hydrogen (secondary N) is 1.